The molecule has 1 N–H and O–H groups in total. The second-order valence-corrected chi connectivity index (χ2v) is 7.56. The van der Waals surface area contributed by atoms with Gasteiger partial charge in [0.05, 0.1) is 0 Å². The van der Waals surface area contributed by atoms with E-state index in [1.807, 2.05) is 30.3 Å². The van der Waals surface area contributed by atoms with Gasteiger partial charge in [0.1, 0.15) is 18.2 Å². The van der Waals surface area contributed by atoms with Crippen LogP contribution in [-0.2, 0) is 20.9 Å². The molecule has 0 radical (unpaired) electrons. The van der Waals surface area contributed by atoms with E-state index >= 15 is 0 Å². The van der Waals surface area contributed by atoms with Crippen LogP contribution >= 0.6 is 22.6 Å². The molecule has 1 amide bonds. The Morgan fingerprint density at radius 1 is 1.17 bits per heavy atom. The van der Waals surface area contributed by atoms with Crippen LogP contribution in [0.5, 0.6) is 0 Å². The maximum atomic E-state index is 12.3. The van der Waals surface area contributed by atoms with Crippen LogP contribution in [0.3, 0.4) is 0 Å². The van der Waals surface area contributed by atoms with E-state index in [1.165, 1.54) is 0 Å². The molecule has 24 heavy (non-hydrogen) atoms. The first-order valence-corrected chi connectivity index (χ1v) is 9.60. The summed E-state index contributed by atoms with van der Waals surface area (Å²) >= 11 is 2.29. The fourth-order valence-corrected chi connectivity index (χ4v) is 2.51. The molecule has 0 aliphatic carbocycles. The third-order valence-corrected chi connectivity index (χ3v) is 3.84. The van der Waals surface area contributed by atoms with Gasteiger partial charge in [0.25, 0.3) is 0 Å². The van der Waals surface area contributed by atoms with Crippen LogP contribution in [0.1, 0.15) is 45.6 Å². The van der Waals surface area contributed by atoms with Crippen molar-refractivity contribution in [3.63, 3.8) is 0 Å². The van der Waals surface area contributed by atoms with Crippen molar-refractivity contribution < 1.29 is 19.1 Å². The number of alkyl carbamates (subject to hydrolysis) is 1. The molecule has 1 rings (SSSR count). The standard InChI is InChI=1S/C18H26INO4/c1-18(2,3)24-16(21)15(11-7-8-12-19)20-17(22)23-13-14-9-5-4-6-10-14/h4-6,9-10,15H,7-8,11-13H2,1-3H3,(H,20,22)/t15-/m0/s1. The summed E-state index contributed by atoms with van der Waals surface area (Å²) in [6, 6.07) is 8.72. The van der Waals surface area contributed by atoms with Crippen molar-refractivity contribution in [1.29, 1.82) is 0 Å². The molecule has 0 fully saturated rings. The second-order valence-electron chi connectivity index (χ2n) is 6.48. The van der Waals surface area contributed by atoms with E-state index in [1.54, 1.807) is 20.8 Å². The first-order chi connectivity index (χ1) is 11.3. The molecule has 5 nitrogen and oxygen atoms in total. The quantitative estimate of drug-likeness (QED) is 0.281. The van der Waals surface area contributed by atoms with E-state index in [4.69, 9.17) is 9.47 Å². The molecule has 0 aliphatic heterocycles. The van der Waals surface area contributed by atoms with Crippen LogP contribution in [0.15, 0.2) is 30.3 Å². The van der Waals surface area contributed by atoms with E-state index in [0.29, 0.717) is 6.42 Å². The van der Waals surface area contributed by atoms with Gasteiger partial charge in [-0.25, -0.2) is 9.59 Å². The van der Waals surface area contributed by atoms with E-state index in [2.05, 4.69) is 27.9 Å². The third kappa shape index (κ3) is 9.10. The number of benzene rings is 1. The Balaban J connectivity index is 2.55. The van der Waals surface area contributed by atoms with Gasteiger partial charge in [-0.2, -0.15) is 0 Å². The molecule has 1 aromatic rings. The molecule has 134 valence electrons. The third-order valence-electron chi connectivity index (χ3n) is 3.07. The number of rotatable bonds is 8. The zero-order valence-electron chi connectivity index (χ0n) is 14.5. The first-order valence-electron chi connectivity index (χ1n) is 8.08. The second kappa shape index (κ2) is 10.5. The van der Waals surface area contributed by atoms with Gasteiger partial charge in [0.15, 0.2) is 0 Å². The van der Waals surface area contributed by atoms with Crippen molar-refractivity contribution in [2.24, 2.45) is 0 Å². The maximum Gasteiger partial charge on any atom is 0.408 e. The fourth-order valence-electron chi connectivity index (χ4n) is 1.97. The lowest BCUT2D eigenvalue weighted by molar-refractivity contribution is -0.157. The molecule has 0 saturated heterocycles. The van der Waals surface area contributed by atoms with Gasteiger partial charge in [0, 0.05) is 0 Å². The van der Waals surface area contributed by atoms with Crippen molar-refractivity contribution in [2.75, 3.05) is 4.43 Å². The molecule has 6 heteroatoms. The van der Waals surface area contributed by atoms with Gasteiger partial charge in [-0.15, -0.1) is 0 Å². The monoisotopic (exact) mass is 447 g/mol. The normalized spacial score (nSPS) is 12.3. The lowest BCUT2D eigenvalue weighted by Gasteiger charge is -2.24. The zero-order valence-corrected chi connectivity index (χ0v) is 16.7. The van der Waals surface area contributed by atoms with Gasteiger partial charge in [-0.3, -0.25) is 0 Å². The number of ether oxygens (including phenoxy) is 2. The Morgan fingerprint density at radius 3 is 2.42 bits per heavy atom. The molecule has 0 spiro atoms. The molecule has 1 atom stereocenters. The van der Waals surface area contributed by atoms with Crippen LogP contribution in [0.4, 0.5) is 4.79 Å². The number of hydrogen-bond donors (Lipinski definition) is 1. The summed E-state index contributed by atoms with van der Waals surface area (Å²) in [6.07, 6.45) is 1.76. The number of hydrogen-bond acceptors (Lipinski definition) is 4. The minimum absolute atomic E-state index is 0.168. The van der Waals surface area contributed by atoms with Crippen LogP contribution in [0.2, 0.25) is 0 Å². The van der Waals surface area contributed by atoms with Crippen molar-refractivity contribution in [2.45, 2.75) is 58.3 Å². The molecule has 0 heterocycles. The highest BCUT2D eigenvalue weighted by atomic mass is 127. The molecule has 0 aliphatic rings. The number of nitrogens with one attached hydrogen (secondary N) is 1. The average Bonchev–Trinajstić information content (AvgIpc) is 2.51. The summed E-state index contributed by atoms with van der Waals surface area (Å²) in [5.41, 5.74) is 0.306. The fraction of sp³-hybridized carbons (Fsp3) is 0.556. The Bertz CT molecular complexity index is 514. The van der Waals surface area contributed by atoms with E-state index in [9.17, 15) is 9.59 Å². The smallest absolute Gasteiger partial charge is 0.408 e. The number of esters is 1. The lowest BCUT2D eigenvalue weighted by atomic mass is 10.1. The van der Waals surface area contributed by atoms with Gasteiger partial charge in [-0.05, 0) is 43.6 Å². The Hall–Kier alpha value is -1.31. The summed E-state index contributed by atoms with van der Waals surface area (Å²) in [5.74, 6) is -0.424. The highest BCUT2D eigenvalue weighted by molar-refractivity contribution is 14.1. The van der Waals surface area contributed by atoms with Gasteiger partial charge in [-0.1, -0.05) is 59.3 Å². The number of alkyl halides is 1. The average molecular weight is 447 g/mol. The van der Waals surface area contributed by atoms with Crippen LogP contribution in [-0.4, -0.2) is 28.1 Å². The number of amides is 1. The topological polar surface area (TPSA) is 64.6 Å². The van der Waals surface area contributed by atoms with Crippen LogP contribution < -0.4 is 5.32 Å². The predicted octanol–water partition coefficient (Wildman–Crippen LogP) is 4.23. The van der Waals surface area contributed by atoms with Crippen molar-refractivity contribution in [1.82, 2.24) is 5.32 Å². The molecule has 0 bridgehead atoms. The Kier molecular flexibility index (Phi) is 9.10. The largest absolute Gasteiger partial charge is 0.458 e. The molecule has 0 saturated carbocycles. The number of unbranched alkanes of at least 4 members (excludes halogenated alkanes) is 1. The SMILES string of the molecule is CC(C)(C)OC(=O)[C@H](CCCCI)NC(=O)OCc1ccccc1. The molecule has 1 aromatic carbocycles. The predicted molar refractivity (Wildman–Crippen MR) is 102 cm³/mol. The molecule has 0 aromatic heterocycles. The van der Waals surface area contributed by atoms with Crippen molar-refractivity contribution in [3.8, 4) is 0 Å². The van der Waals surface area contributed by atoms with E-state index in [-0.39, 0.29) is 6.61 Å². The van der Waals surface area contributed by atoms with E-state index < -0.39 is 23.7 Å². The minimum atomic E-state index is -0.685. The van der Waals surface area contributed by atoms with Gasteiger partial charge >= 0.3 is 12.1 Å². The molecule has 0 unspecified atom stereocenters. The van der Waals surface area contributed by atoms with Crippen LogP contribution in [0.25, 0.3) is 0 Å². The lowest BCUT2D eigenvalue weighted by Crippen LogP contribution is -2.44. The number of carbonyl (C=O) groups excluding carboxylic acids is 2. The molecular weight excluding hydrogens is 421 g/mol. The van der Waals surface area contributed by atoms with Crippen LogP contribution in [0, 0.1) is 0 Å². The summed E-state index contributed by atoms with van der Waals surface area (Å²) in [6.45, 7) is 5.59. The summed E-state index contributed by atoms with van der Waals surface area (Å²) in [4.78, 5) is 24.3. The summed E-state index contributed by atoms with van der Waals surface area (Å²) < 4.78 is 11.6. The Labute approximate surface area is 157 Å². The van der Waals surface area contributed by atoms with Gasteiger partial charge in [0.2, 0.25) is 0 Å². The highest BCUT2D eigenvalue weighted by Gasteiger charge is 2.26. The zero-order chi connectivity index (χ0) is 18.0. The number of halogens is 1. The summed E-state index contributed by atoms with van der Waals surface area (Å²) in [5, 5.41) is 2.63. The molecular formula is C18H26INO4. The van der Waals surface area contributed by atoms with Crippen molar-refractivity contribution in [3.05, 3.63) is 35.9 Å². The van der Waals surface area contributed by atoms with E-state index in [0.717, 1.165) is 22.8 Å². The van der Waals surface area contributed by atoms with Gasteiger partial charge < -0.3 is 14.8 Å². The minimum Gasteiger partial charge on any atom is -0.458 e. The highest BCUT2D eigenvalue weighted by Crippen LogP contribution is 2.12. The maximum absolute atomic E-state index is 12.3. The number of carbonyl (C=O) groups is 2. The first kappa shape index (κ1) is 20.7. The van der Waals surface area contributed by atoms with Crippen molar-refractivity contribution >= 4 is 34.7 Å². The Morgan fingerprint density at radius 2 is 1.83 bits per heavy atom. The summed E-state index contributed by atoms with van der Waals surface area (Å²) in [7, 11) is 0.